The van der Waals surface area contributed by atoms with Gasteiger partial charge >= 0.3 is 12.1 Å². The summed E-state index contributed by atoms with van der Waals surface area (Å²) in [6.07, 6.45) is 3.45. The van der Waals surface area contributed by atoms with Crippen LogP contribution in [0.5, 0.6) is 0 Å². The van der Waals surface area contributed by atoms with Crippen LogP contribution >= 0.6 is 22.6 Å². The minimum atomic E-state index is -0.988. The number of carboxylic acids is 1. The number of amides is 1. The molecular weight excluding hydrogens is 421 g/mol. The minimum absolute atomic E-state index is 0.378. The van der Waals surface area contributed by atoms with Gasteiger partial charge in [0.1, 0.15) is 5.60 Å². The topological polar surface area (TPSA) is 66.8 Å². The lowest BCUT2D eigenvalue weighted by atomic mass is 10.1. The van der Waals surface area contributed by atoms with Gasteiger partial charge in [-0.1, -0.05) is 18.2 Å². The molecule has 0 fully saturated rings. The smallest absolute Gasteiger partial charge is 0.410 e. The van der Waals surface area contributed by atoms with E-state index in [0.717, 1.165) is 18.1 Å². The first-order chi connectivity index (χ1) is 11.2. The van der Waals surface area contributed by atoms with Crippen molar-refractivity contribution in [1.29, 1.82) is 0 Å². The number of aliphatic carboxylic acids is 1. The number of carbonyl (C=O) groups is 2. The summed E-state index contributed by atoms with van der Waals surface area (Å²) in [5, 5.41) is 8.62. The number of halogens is 1. The van der Waals surface area contributed by atoms with Crippen LogP contribution in [0.3, 0.4) is 0 Å². The number of nitrogens with zero attached hydrogens (tertiary/aromatic N) is 1. The van der Waals surface area contributed by atoms with Gasteiger partial charge in [0.2, 0.25) is 0 Å². The van der Waals surface area contributed by atoms with Gasteiger partial charge in [0.05, 0.1) is 0 Å². The average Bonchev–Trinajstić information content (AvgIpc) is 2.46. The number of ether oxygens (including phenoxy) is 1. The molecule has 1 aromatic rings. The van der Waals surface area contributed by atoms with Crippen LogP contribution in [0.2, 0.25) is 0 Å². The highest BCUT2D eigenvalue weighted by Gasteiger charge is 2.21. The van der Waals surface area contributed by atoms with Gasteiger partial charge in [0, 0.05) is 22.7 Å². The Kier molecular flexibility index (Phi) is 8.24. The van der Waals surface area contributed by atoms with Crippen molar-refractivity contribution in [2.45, 2.75) is 39.2 Å². The van der Waals surface area contributed by atoms with Crippen LogP contribution in [0.1, 0.15) is 32.8 Å². The Morgan fingerprint density at radius 2 is 1.83 bits per heavy atom. The molecule has 1 amide bonds. The third-order valence-corrected chi connectivity index (χ3v) is 3.78. The SMILES string of the molecule is CC(C)(C)OC(=O)N(CC/C=C/C(=O)O)CCc1ccc(I)cc1. The Morgan fingerprint density at radius 1 is 1.21 bits per heavy atom. The molecular formula is C18H24INO4. The van der Waals surface area contributed by atoms with Gasteiger partial charge in [-0.25, -0.2) is 9.59 Å². The van der Waals surface area contributed by atoms with Gasteiger partial charge < -0.3 is 14.7 Å². The van der Waals surface area contributed by atoms with Gasteiger partial charge in [-0.05, 0) is 73.9 Å². The second-order valence-corrected chi connectivity index (χ2v) is 7.62. The highest BCUT2D eigenvalue weighted by atomic mass is 127. The first-order valence-corrected chi connectivity index (χ1v) is 8.87. The normalized spacial score (nSPS) is 11.5. The maximum absolute atomic E-state index is 12.3. The number of carbonyl (C=O) groups excluding carboxylic acids is 1. The van der Waals surface area contributed by atoms with Crippen molar-refractivity contribution in [3.05, 3.63) is 45.6 Å². The van der Waals surface area contributed by atoms with E-state index in [0.29, 0.717) is 19.5 Å². The highest BCUT2D eigenvalue weighted by Crippen LogP contribution is 2.12. The van der Waals surface area contributed by atoms with Crippen LogP contribution < -0.4 is 0 Å². The molecule has 132 valence electrons. The molecule has 1 N–H and O–H groups in total. The van der Waals surface area contributed by atoms with E-state index in [-0.39, 0.29) is 6.09 Å². The van der Waals surface area contributed by atoms with E-state index < -0.39 is 11.6 Å². The van der Waals surface area contributed by atoms with Crippen molar-refractivity contribution in [1.82, 2.24) is 4.90 Å². The fraction of sp³-hybridized carbons (Fsp3) is 0.444. The van der Waals surface area contributed by atoms with E-state index in [1.54, 1.807) is 11.0 Å². The van der Waals surface area contributed by atoms with Gasteiger partial charge in [0.15, 0.2) is 0 Å². The number of carboxylic acid groups (broad SMARTS) is 1. The lowest BCUT2D eigenvalue weighted by molar-refractivity contribution is -0.131. The molecule has 0 bridgehead atoms. The van der Waals surface area contributed by atoms with E-state index in [2.05, 4.69) is 22.6 Å². The van der Waals surface area contributed by atoms with E-state index >= 15 is 0 Å². The molecule has 0 aliphatic rings. The number of hydrogen-bond acceptors (Lipinski definition) is 3. The Morgan fingerprint density at radius 3 is 2.38 bits per heavy atom. The summed E-state index contributed by atoms with van der Waals surface area (Å²) in [5.41, 5.74) is 0.583. The van der Waals surface area contributed by atoms with Crippen LogP contribution in [0.15, 0.2) is 36.4 Å². The van der Waals surface area contributed by atoms with Crippen molar-refractivity contribution in [2.24, 2.45) is 0 Å². The largest absolute Gasteiger partial charge is 0.478 e. The number of rotatable bonds is 7. The molecule has 0 aliphatic carbocycles. The molecule has 24 heavy (non-hydrogen) atoms. The van der Waals surface area contributed by atoms with Gasteiger partial charge in [0.25, 0.3) is 0 Å². The fourth-order valence-corrected chi connectivity index (χ4v) is 2.31. The maximum Gasteiger partial charge on any atom is 0.410 e. The molecule has 0 spiro atoms. The molecule has 0 radical (unpaired) electrons. The highest BCUT2D eigenvalue weighted by molar-refractivity contribution is 14.1. The van der Waals surface area contributed by atoms with Crippen molar-refractivity contribution in [3.63, 3.8) is 0 Å². The summed E-state index contributed by atoms with van der Waals surface area (Å²) in [7, 11) is 0. The molecule has 0 saturated carbocycles. The maximum atomic E-state index is 12.3. The van der Waals surface area contributed by atoms with Gasteiger partial charge in [-0.3, -0.25) is 0 Å². The van der Waals surface area contributed by atoms with Crippen LogP contribution in [0.25, 0.3) is 0 Å². The molecule has 6 heteroatoms. The first-order valence-electron chi connectivity index (χ1n) is 7.79. The predicted octanol–water partition coefficient (Wildman–Crippen LogP) is 4.10. The number of benzene rings is 1. The summed E-state index contributed by atoms with van der Waals surface area (Å²) in [6, 6.07) is 8.14. The van der Waals surface area contributed by atoms with E-state index in [9.17, 15) is 9.59 Å². The summed E-state index contributed by atoms with van der Waals surface area (Å²) in [4.78, 5) is 24.5. The quantitative estimate of drug-likeness (QED) is 0.507. The first kappa shape index (κ1) is 20.5. The summed E-state index contributed by atoms with van der Waals surface area (Å²) in [6.45, 7) is 6.42. The van der Waals surface area contributed by atoms with Crippen LogP contribution in [-0.4, -0.2) is 40.8 Å². The summed E-state index contributed by atoms with van der Waals surface area (Å²) in [5.74, 6) is -0.988. The Hall–Kier alpha value is -1.57. The van der Waals surface area contributed by atoms with E-state index in [1.165, 1.54) is 3.57 Å². The second-order valence-electron chi connectivity index (χ2n) is 6.37. The molecule has 0 unspecified atom stereocenters. The standard InChI is InChI=1S/C18H24INO4/c1-18(2,3)24-17(23)20(12-5-4-6-16(21)22)13-11-14-7-9-15(19)10-8-14/h4,6-10H,5,11-13H2,1-3H3,(H,21,22)/b6-4+. The molecule has 1 rings (SSSR count). The zero-order valence-corrected chi connectivity index (χ0v) is 16.4. The lowest BCUT2D eigenvalue weighted by Crippen LogP contribution is -2.38. The van der Waals surface area contributed by atoms with Crippen molar-refractivity contribution in [2.75, 3.05) is 13.1 Å². The summed E-state index contributed by atoms with van der Waals surface area (Å²) >= 11 is 2.25. The monoisotopic (exact) mass is 445 g/mol. The zero-order valence-electron chi connectivity index (χ0n) is 14.3. The van der Waals surface area contributed by atoms with Crippen molar-refractivity contribution < 1.29 is 19.4 Å². The molecule has 0 atom stereocenters. The molecule has 1 aromatic carbocycles. The predicted molar refractivity (Wildman–Crippen MR) is 102 cm³/mol. The Balaban J connectivity index is 2.66. The molecule has 0 aromatic heterocycles. The average molecular weight is 445 g/mol. The van der Waals surface area contributed by atoms with Crippen LogP contribution in [-0.2, 0) is 16.0 Å². The van der Waals surface area contributed by atoms with Gasteiger partial charge in [-0.15, -0.1) is 0 Å². The van der Waals surface area contributed by atoms with Crippen LogP contribution in [0.4, 0.5) is 4.79 Å². The number of hydrogen-bond donors (Lipinski definition) is 1. The van der Waals surface area contributed by atoms with Crippen molar-refractivity contribution in [3.8, 4) is 0 Å². The summed E-state index contributed by atoms with van der Waals surface area (Å²) < 4.78 is 6.60. The third kappa shape index (κ3) is 8.90. The van der Waals surface area contributed by atoms with E-state index in [1.807, 2.05) is 45.0 Å². The zero-order chi connectivity index (χ0) is 18.2. The lowest BCUT2D eigenvalue weighted by Gasteiger charge is -2.27. The third-order valence-electron chi connectivity index (χ3n) is 3.06. The minimum Gasteiger partial charge on any atom is -0.478 e. The molecule has 5 nitrogen and oxygen atoms in total. The second kappa shape index (κ2) is 9.66. The van der Waals surface area contributed by atoms with Crippen LogP contribution in [0, 0.1) is 3.57 Å². The Labute approximate surface area is 156 Å². The van der Waals surface area contributed by atoms with Gasteiger partial charge in [-0.2, -0.15) is 0 Å². The molecule has 0 heterocycles. The Bertz CT molecular complexity index is 576. The molecule has 0 saturated heterocycles. The fourth-order valence-electron chi connectivity index (χ4n) is 1.95. The molecule has 0 aliphatic heterocycles. The van der Waals surface area contributed by atoms with Crippen molar-refractivity contribution >= 4 is 34.7 Å². The van der Waals surface area contributed by atoms with E-state index in [4.69, 9.17) is 9.84 Å².